The summed E-state index contributed by atoms with van der Waals surface area (Å²) in [6.07, 6.45) is 0. The number of benzene rings is 3. The molecule has 176 valence electrons. The van der Waals surface area contributed by atoms with Crippen LogP contribution >= 0.6 is 0 Å². The Kier molecular flexibility index (Phi) is 7.39. The molecule has 0 atom stereocenters. The van der Waals surface area contributed by atoms with E-state index in [1.165, 1.54) is 19.2 Å². The van der Waals surface area contributed by atoms with Crippen LogP contribution < -0.4 is 10.1 Å². The van der Waals surface area contributed by atoms with Crippen molar-refractivity contribution < 1.29 is 28.2 Å². The van der Waals surface area contributed by atoms with Gasteiger partial charge in [0.15, 0.2) is 0 Å². The Balaban J connectivity index is 1.39. The second-order valence-electron chi connectivity index (χ2n) is 7.84. The van der Waals surface area contributed by atoms with Crippen LogP contribution in [0.25, 0.3) is 0 Å². The van der Waals surface area contributed by atoms with E-state index in [-0.39, 0.29) is 11.8 Å². The van der Waals surface area contributed by atoms with Crippen LogP contribution in [0.4, 0.5) is 14.9 Å². The molecule has 3 aromatic carbocycles. The van der Waals surface area contributed by atoms with Crippen molar-refractivity contribution in [1.29, 1.82) is 0 Å². The van der Waals surface area contributed by atoms with Crippen LogP contribution in [0, 0.1) is 5.82 Å². The van der Waals surface area contributed by atoms with E-state index in [0.717, 1.165) is 22.4 Å². The van der Waals surface area contributed by atoms with Gasteiger partial charge in [0.1, 0.15) is 18.2 Å². The highest BCUT2D eigenvalue weighted by Gasteiger charge is 2.21. The maximum Gasteiger partial charge on any atom is 0.337 e. The molecular weight excluding hydrogens is 439 g/mol. The third kappa shape index (κ3) is 5.90. The molecule has 1 N–H and O–H groups in total. The lowest BCUT2D eigenvalue weighted by atomic mass is 10.1. The van der Waals surface area contributed by atoms with Crippen molar-refractivity contribution in [1.82, 2.24) is 4.90 Å². The predicted octanol–water partition coefficient (Wildman–Crippen LogP) is 4.76. The molecule has 1 aliphatic rings. The van der Waals surface area contributed by atoms with Gasteiger partial charge in [0.25, 0.3) is 0 Å². The van der Waals surface area contributed by atoms with Crippen molar-refractivity contribution >= 4 is 17.7 Å². The van der Waals surface area contributed by atoms with E-state index in [1.54, 1.807) is 35.2 Å². The molecule has 0 radical (unpaired) electrons. The number of fused-ring (bicyclic) bond motifs is 1. The largest absolute Gasteiger partial charge is 0.491 e. The fraction of sp³-hybridized carbons (Fsp3) is 0.231. The van der Waals surface area contributed by atoms with E-state index in [1.807, 2.05) is 24.3 Å². The number of esters is 1. The first-order valence-corrected chi connectivity index (χ1v) is 10.8. The second kappa shape index (κ2) is 10.8. The molecule has 0 fully saturated rings. The monoisotopic (exact) mass is 464 g/mol. The molecule has 0 aromatic heterocycles. The van der Waals surface area contributed by atoms with E-state index in [2.05, 4.69) is 5.32 Å². The highest BCUT2D eigenvalue weighted by molar-refractivity contribution is 5.94. The number of methoxy groups -OCH3 is 1. The zero-order valence-electron chi connectivity index (χ0n) is 18.8. The smallest absolute Gasteiger partial charge is 0.337 e. The Hall–Kier alpha value is -3.91. The van der Waals surface area contributed by atoms with Crippen molar-refractivity contribution in [3.63, 3.8) is 0 Å². The second-order valence-corrected chi connectivity index (χ2v) is 7.84. The number of hydrogen-bond acceptors (Lipinski definition) is 5. The maximum atomic E-state index is 13.3. The van der Waals surface area contributed by atoms with Crippen LogP contribution in [0.3, 0.4) is 0 Å². The number of halogens is 1. The molecule has 0 unspecified atom stereocenters. The molecule has 0 saturated carbocycles. The van der Waals surface area contributed by atoms with Gasteiger partial charge in [-0.25, -0.2) is 14.0 Å². The van der Waals surface area contributed by atoms with Gasteiger partial charge < -0.3 is 24.4 Å². The summed E-state index contributed by atoms with van der Waals surface area (Å²) in [5.74, 6) is -0.0455. The number of urea groups is 1. The van der Waals surface area contributed by atoms with Gasteiger partial charge in [0.2, 0.25) is 0 Å². The minimum Gasteiger partial charge on any atom is -0.491 e. The van der Waals surface area contributed by atoms with Crippen LogP contribution in [0.1, 0.15) is 27.0 Å². The number of nitrogens with one attached hydrogen (secondary N) is 1. The van der Waals surface area contributed by atoms with Crippen molar-refractivity contribution in [2.45, 2.75) is 19.8 Å². The molecule has 1 aliphatic heterocycles. The van der Waals surface area contributed by atoms with E-state index in [0.29, 0.717) is 44.2 Å². The average Bonchev–Trinajstić information content (AvgIpc) is 3.06. The summed E-state index contributed by atoms with van der Waals surface area (Å²) in [6, 6.07) is 18.3. The van der Waals surface area contributed by atoms with Gasteiger partial charge in [-0.3, -0.25) is 0 Å². The summed E-state index contributed by atoms with van der Waals surface area (Å²) in [6.45, 7) is 1.76. The van der Waals surface area contributed by atoms with E-state index >= 15 is 0 Å². The summed E-state index contributed by atoms with van der Waals surface area (Å²) >= 11 is 0. The predicted molar refractivity (Wildman–Crippen MR) is 124 cm³/mol. The quantitative estimate of drug-likeness (QED) is 0.533. The van der Waals surface area contributed by atoms with Gasteiger partial charge in [-0.15, -0.1) is 0 Å². The van der Waals surface area contributed by atoms with Crippen molar-refractivity contribution in [2.75, 3.05) is 25.6 Å². The zero-order chi connectivity index (χ0) is 23.9. The molecule has 0 aliphatic carbocycles. The minimum absolute atomic E-state index is 0.293. The molecule has 2 amide bonds. The fourth-order valence-corrected chi connectivity index (χ4v) is 3.67. The van der Waals surface area contributed by atoms with Crippen LogP contribution in [-0.2, 0) is 29.2 Å². The van der Waals surface area contributed by atoms with Crippen LogP contribution in [0.5, 0.6) is 5.75 Å². The Labute approximate surface area is 197 Å². The molecule has 34 heavy (non-hydrogen) atoms. The fourth-order valence-electron chi connectivity index (χ4n) is 3.67. The first-order chi connectivity index (χ1) is 16.5. The van der Waals surface area contributed by atoms with Crippen molar-refractivity contribution in [3.8, 4) is 5.75 Å². The lowest BCUT2D eigenvalue weighted by Crippen LogP contribution is -2.36. The number of carbonyl (C=O) groups excluding carboxylic acids is 2. The van der Waals surface area contributed by atoms with Gasteiger partial charge in [0.05, 0.1) is 39.0 Å². The third-order valence-corrected chi connectivity index (χ3v) is 5.35. The standard InChI is InChI=1S/C26H25FN2O5/c1-32-25(30)20-5-3-7-23(14-20)28-26(31)29-10-11-34-24-9-8-19(12-21(24)15-29)17-33-16-18-4-2-6-22(27)13-18/h2-9,12-14H,10-11,15-17H2,1H3,(H,28,31). The van der Waals surface area contributed by atoms with E-state index in [4.69, 9.17) is 14.2 Å². The molecule has 0 spiro atoms. The van der Waals surface area contributed by atoms with Crippen molar-refractivity contribution in [2.24, 2.45) is 0 Å². The topological polar surface area (TPSA) is 77.1 Å². The highest BCUT2D eigenvalue weighted by Crippen LogP contribution is 2.25. The Morgan fingerprint density at radius 3 is 2.62 bits per heavy atom. The molecule has 1 heterocycles. The maximum absolute atomic E-state index is 13.3. The summed E-state index contributed by atoms with van der Waals surface area (Å²) < 4.78 is 29.6. The number of hydrogen-bond donors (Lipinski definition) is 1. The van der Waals surface area contributed by atoms with Gasteiger partial charge in [0, 0.05) is 11.3 Å². The number of amides is 2. The summed E-state index contributed by atoms with van der Waals surface area (Å²) in [4.78, 5) is 26.3. The molecule has 0 bridgehead atoms. The molecule has 7 nitrogen and oxygen atoms in total. The number of rotatable bonds is 6. The van der Waals surface area contributed by atoms with Crippen LogP contribution in [0.15, 0.2) is 66.7 Å². The molecule has 3 aromatic rings. The minimum atomic E-state index is -0.472. The van der Waals surface area contributed by atoms with E-state index < -0.39 is 5.97 Å². The van der Waals surface area contributed by atoms with E-state index in [9.17, 15) is 14.0 Å². The number of anilines is 1. The van der Waals surface area contributed by atoms with Gasteiger partial charge in [-0.05, 0) is 53.6 Å². The number of nitrogens with zero attached hydrogens (tertiary/aromatic N) is 1. The first-order valence-electron chi connectivity index (χ1n) is 10.8. The summed E-state index contributed by atoms with van der Waals surface area (Å²) in [5.41, 5.74) is 3.40. The third-order valence-electron chi connectivity index (χ3n) is 5.35. The average molecular weight is 464 g/mol. The Morgan fingerprint density at radius 1 is 1.03 bits per heavy atom. The van der Waals surface area contributed by atoms with Gasteiger partial charge in [-0.2, -0.15) is 0 Å². The first kappa shape index (κ1) is 23.3. The van der Waals surface area contributed by atoms with Crippen molar-refractivity contribution in [3.05, 3.63) is 94.8 Å². The van der Waals surface area contributed by atoms with Crippen LogP contribution in [0.2, 0.25) is 0 Å². The van der Waals surface area contributed by atoms with Crippen LogP contribution in [-0.4, -0.2) is 37.2 Å². The Bertz CT molecular complexity index is 1180. The van der Waals surface area contributed by atoms with Gasteiger partial charge >= 0.3 is 12.0 Å². The number of ether oxygens (including phenoxy) is 3. The lowest BCUT2D eigenvalue weighted by Gasteiger charge is -2.21. The lowest BCUT2D eigenvalue weighted by molar-refractivity contribution is 0.0600. The SMILES string of the molecule is COC(=O)c1cccc(NC(=O)N2CCOc3ccc(COCc4cccc(F)c4)cc3C2)c1. The highest BCUT2D eigenvalue weighted by atomic mass is 19.1. The van der Waals surface area contributed by atoms with Gasteiger partial charge in [-0.1, -0.05) is 24.3 Å². The number of carbonyl (C=O) groups is 2. The normalized spacial score (nSPS) is 12.8. The molecule has 4 rings (SSSR count). The molecular formula is C26H25FN2O5. The summed E-state index contributed by atoms with van der Waals surface area (Å²) in [5, 5.41) is 2.83. The zero-order valence-corrected chi connectivity index (χ0v) is 18.8. The Morgan fingerprint density at radius 2 is 1.82 bits per heavy atom. The summed E-state index contributed by atoms with van der Waals surface area (Å²) in [7, 11) is 1.31. The molecule has 8 heteroatoms. The molecule has 0 saturated heterocycles.